The normalized spacial score (nSPS) is 27.8. The van der Waals surface area contributed by atoms with E-state index in [0.717, 1.165) is 0 Å². The zero-order chi connectivity index (χ0) is 24.3. The van der Waals surface area contributed by atoms with E-state index in [-0.39, 0.29) is 36.8 Å². The molecule has 2 aliphatic heterocycles. The molecule has 11 heteroatoms. The second-order valence-corrected chi connectivity index (χ2v) is 8.66. The van der Waals surface area contributed by atoms with Crippen LogP contribution < -0.4 is 15.8 Å². The molecular formula is C22H33N3O8. The number of esters is 1. The Hall–Kier alpha value is -2.44. The fourth-order valence-electron chi connectivity index (χ4n) is 3.60. The van der Waals surface area contributed by atoms with Crippen LogP contribution in [0.2, 0.25) is 0 Å². The fraction of sp³-hybridized carbons (Fsp3) is 0.636. The maximum Gasteiger partial charge on any atom is 0.305 e. The third kappa shape index (κ3) is 5.92. The van der Waals surface area contributed by atoms with Crippen LogP contribution in [-0.2, 0) is 25.7 Å². The highest BCUT2D eigenvalue weighted by atomic mass is 16.7. The molecular weight excluding hydrogens is 434 g/mol. The highest BCUT2D eigenvalue weighted by Gasteiger charge is 2.50. The lowest BCUT2D eigenvalue weighted by molar-refractivity contribution is -0.269. The van der Waals surface area contributed by atoms with Crippen molar-refractivity contribution in [3.05, 3.63) is 23.8 Å². The van der Waals surface area contributed by atoms with E-state index < -0.39 is 36.6 Å². The van der Waals surface area contributed by atoms with E-state index in [9.17, 15) is 24.9 Å². The van der Waals surface area contributed by atoms with Gasteiger partial charge in [-0.15, -0.1) is 0 Å². The van der Waals surface area contributed by atoms with Gasteiger partial charge < -0.3 is 45.5 Å². The van der Waals surface area contributed by atoms with Crippen molar-refractivity contribution in [3.63, 3.8) is 0 Å². The van der Waals surface area contributed by atoms with Crippen LogP contribution in [0.3, 0.4) is 0 Å². The van der Waals surface area contributed by atoms with Crippen molar-refractivity contribution in [2.45, 2.75) is 76.6 Å². The van der Waals surface area contributed by atoms with E-state index in [2.05, 4.69) is 5.32 Å². The van der Waals surface area contributed by atoms with Gasteiger partial charge in [0.15, 0.2) is 6.10 Å². The molecule has 0 spiro atoms. The first-order chi connectivity index (χ1) is 15.6. The standard InChI is InChI=1S/C22H33N3O8/c1-4-16(26)31-10-12-5-6-14(24-11(2)3)15(7-12)32-22-19(29)17(27)18(28)20(33-22)21(30)25-8-13(23)9-25/h5-7,11,13,17-20,22,24,27-29H,4,8-10,23H2,1-3H3/t17-,18-,19+,20-,22+/m0/s1. The Morgan fingerprint density at radius 3 is 2.52 bits per heavy atom. The topological polar surface area (TPSA) is 164 Å². The van der Waals surface area contributed by atoms with Gasteiger partial charge >= 0.3 is 5.97 Å². The molecule has 3 rings (SSSR count). The molecule has 2 fully saturated rings. The maximum absolute atomic E-state index is 12.7. The molecule has 0 radical (unpaired) electrons. The summed E-state index contributed by atoms with van der Waals surface area (Å²) in [5, 5.41) is 34.4. The second-order valence-electron chi connectivity index (χ2n) is 8.66. The smallest absolute Gasteiger partial charge is 0.305 e. The lowest BCUT2D eigenvalue weighted by Gasteiger charge is -2.44. The minimum Gasteiger partial charge on any atom is -0.461 e. The van der Waals surface area contributed by atoms with Crippen LogP contribution in [0.25, 0.3) is 0 Å². The molecule has 0 aliphatic carbocycles. The van der Waals surface area contributed by atoms with Crippen molar-refractivity contribution in [3.8, 4) is 5.75 Å². The van der Waals surface area contributed by atoms with Gasteiger partial charge in [-0.05, 0) is 31.5 Å². The largest absolute Gasteiger partial charge is 0.461 e. The molecule has 2 heterocycles. The number of amides is 1. The van der Waals surface area contributed by atoms with Gasteiger partial charge in [0, 0.05) is 31.6 Å². The number of carbonyl (C=O) groups excluding carboxylic acids is 2. The van der Waals surface area contributed by atoms with Crippen molar-refractivity contribution in [1.29, 1.82) is 0 Å². The van der Waals surface area contributed by atoms with Crippen LogP contribution in [-0.4, -0.2) is 88.0 Å². The molecule has 5 atom stereocenters. The number of rotatable bonds is 8. The van der Waals surface area contributed by atoms with E-state index >= 15 is 0 Å². The maximum atomic E-state index is 12.7. The molecule has 0 saturated carbocycles. The van der Waals surface area contributed by atoms with E-state index in [1.807, 2.05) is 13.8 Å². The number of nitrogens with zero attached hydrogens (tertiary/aromatic N) is 1. The average molecular weight is 468 g/mol. The number of hydrogen-bond acceptors (Lipinski definition) is 10. The first-order valence-electron chi connectivity index (χ1n) is 11.1. The lowest BCUT2D eigenvalue weighted by atomic mass is 9.96. The number of benzene rings is 1. The first kappa shape index (κ1) is 25.2. The fourth-order valence-corrected chi connectivity index (χ4v) is 3.60. The summed E-state index contributed by atoms with van der Waals surface area (Å²) in [7, 11) is 0. The average Bonchev–Trinajstić information content (AvgIpc) is 2.76. The molecule has 184 valence electrons. The minimum atomic E-state index is -1.66. The Labute approximate surface area is 192 Å². The molecule has 1 amide bonds. The van der Waals surface area contributed by atoms with Gasteiger partial charge in [-0.1, -0.05) is 13.0 Å². The number of nitrogens with one attached hydrogen (secondary N) is 1. The summed E-state index contributed by atoms with van der Waals surface area (Å²) < 4.78 is 16.7. The number of aliphatic hydroxyl groups is 3. The molecule has 2 saturated heterocycles. The van der Waals surface area contributed by atoms with Crippen LogP contribution in [0.15, 0.2) is 18.2 Å². The summed E-state index contributed by atoms with van der Waals surface area (Å²) >= 11 is 0. The lowest BCUT2D eigenvalue weighted by Crippen LogP contribution is -2.67. The van der Waals surface area contributed by atoms with Gasteiger partial charge in [0.25, 0.3) is 5.91 Å². The van der Waals surface area contributed by atoms with Gasteiger partial charge in [0.05, 0.1) is 5.69 Å². The molecule has 1 aromatic rings. The monoisotopic (exact) mass is 467 g/mol. The molecule has 11 nitrogen and oxygen atoms in total. The Bertz CT molecular complexity index is 845. The number of aliphatic hydroxyl groups excluding tert-OH is 3. The van der Waals surface area contributed by atoms with Crippen LogP contribution >= 0.6 is 0 Å². The SMILES string of the molecule is CCC(=O)OCc1ccc(NC(C)C)c(O[C@@H]2O[C@H](C(=O)N3CC(N)C3)[C@@H](O)[C@H](O)[C@H]2O)c1. The zero-order valence-corrected chi connectivity index (χ0v) is 19.0. The summed E-state index contributed by atoms with van der Waals surface area (Å²) in [5.74, 6) is -0.625. The quantitative estimate of drug-likeness (QED) is 0.309. The van der Waals surface area contributed by atoms with Crippen molar-refractivity contribution in [2.75, 3.05) is 18.4 Å². The summed E-state index contributed by atoms with van der Waals surface area (Å²) in [5.41, 5.74) is 6.93. The number of ether oxygens (including phenoxy) is 3. The Balaban J connectivity index is 1.80. The molecule has 33 heavy (non-hydrogen) atoms. The van der Waals surface area contributed by atoms with Crippen molar-refractivity contribution >= 4 is 17.6 Å². The van der Waals surface area contributed by atoms with Crippen molar-refractivity contribution < 1.29 is 39.1 Å². The number of anilines is 1. The van der Waals surface area contributed by atoms with Crippen LogP contribution in [0, 0.1) is 0 Å². The highest BCUT2D eigenvalue weighted by Crippen LogP contribution is 2.32. The number of hydrogen-bond donors (Lipinski definition) is 5. The van der Waals surface area contributed by atoms with Gasteiger partial charge in [0.2, 0.25) is 6.29 Å². The predicted molar refractivity (Wildman–Crippen MR) is 117 cm³/mol. The van der Waals surface area contributed by atoms with Crippen LogP contribution in [0.5, 0.6) is 5.75 Å². The van der Waals surface area contributed by atoms with Crippen LogP contribution in [0.4, 0.5) is 5.69 Å². The number of nitrogens with two attached hydrogens (primary N) is 1. The first-order valence-corrected chi connectivity index (χ1v) is 11.1. The summed E-state index contributed by atoms with van der Waals surface area (Å²) in [6, 6.07) is 5.01. The zero-order valence-electron chi connectivity index (χ0n) is 19.0. The molecule has 0 aromatic heterocycles. The van der Waals surface area contributed by atoms with E-state index in [0.29, 0.717) is 24.3 Å². The van der Waals surface area contributed by atoms with Crippen molar-refractivity contribution in [2.24, 2.45) is 5.73 Å². The van der Waals surface area contributed by atoms with E-state index in [1.54, 1.807) is 25.1 Å². The van der Waals surface area contributed by atoms with Gasteiger partial charge in [-0.3, -0.25) is 9.59 Å². The number of carbonyl (C=O) groups is 2. The number of likely N-dealkylation sites (tertiary alicyclic amines) is 1. The summed E-state index contributed by atoms with van der Waals surface area (Å²) in [6.07, 6.45) is -7.52. The van der Waals surface area contributed by atoms with E-state index in [4.69, 9.17) is 19.9 Å². The minimum absolute atomic E-state index is 0.0245. The predicted octanol–water partition coefficient (Wildman–Crippen LogP) is -0.684. The van der Waals surface area contributed by atoms with Gasteiger partial charge in [0.1, 0.15) is 30.7 Å². The Kier molecular flexibility index (Phi) is 8.14. The third-order valence-electron chi connectivity index (χ3n) is 5.46. The summed E-state index contributed by atoms with van der Waals surface area (Å²) in [6.45, 7) is 6.21. The Morgan fingerprint density at radius 2 is 1.91 bits per heavy atom. The van der Waals surface area contributed by atoms with Gasteiger partial charge in [-0.2, -0.15) is 0 Å². The molecule has 2 aliphatic rings. The molecule has 0 bridgehead atoms. The van der Waals surface area contributed by atoms with E-state index in [1.165, 1.54) is 4.90 Å². The molecule has 1 aromatic carbocycles. The Morgan fingerprint density at radius 1 is 1.21 bits per heavy atom. The molecule has 0 unspecified atom stereocenters. The van der Waals surface area contributed by atoms with Crippen LogP contribution in [0.1, 0.15) is 32.8 Å². The third-order valence-corrected chi connectivity index (χ3v) is 5.46. The molecule has 6 N–H and O–H groups in total. The van der Waals surface area contributed by atoms with Gasteiger partial charge in [-0.25, -0.2) is 0 Å². The van der Waals surface area contributed by atoms with Crippen molar-refractivity contribution in [1.82, 2.24) is 4.90 Å². The highest BCUT2D eigenvalue weighted by molar-refractivity contribution is 5.82. The summed E-state index contributed by atoms with van der Waals surface area (Å²) in [4.78, 5) is 25.6. The second kappa shape index (κ2) is 10.7.